The molecule has 22 heavy (non-hydrogen) atoms. The monoisotopic (exact) mass is 354 g/mol. The van der Waals surface area contributed by atoms with Gasteiger partial charge in [-0.05, 0) is 0 Å². The summed E-state index contributed by atoms with van der Waals surface area (Å²) in [5.74, 6) is -16.2. The lowest BCUT2D eigenvalue weighted by atomic mass is 10.2. The summed E-state index contributed by atoms with van der Waals surface area (Å²) in [6.45, 7) is 0. The van der Waals surface area contributed by atoms with Gasteiger partial charge >= 0.3 is 36.1 Å². The van der Waals surface area contributed by atoms with Crippen LogP contribution in [0.1, 0.15) is 12.8 Å². The van der Waals surface area contributed by atoms with Gasteiger partial charge in [0.05, 0.1) is 0 Å². The number of carbonyl (C=O) groups is 2. The first-order valence-corrected chi connectivity index (χ1v) is 4.79. The maximum Gasteiger partial charge on any atom is 0.453 e. The lowest BCUT2D eigenvalue weighted by molar-refractivity contribution is -0.304. The number of halogens is 10. The van der Waals surface area contributed by atoms with Gasteiger partial charge in [0, 0.05) is 0 Å². The van der Waals surface area contributed by atoms with Gasteiger partial charge in [0.1, 0.15) is 12.8 Å². The first-order valence-electron chi connectivity index (χ1n) is 4.79. The van der Waals surface area contributed by atoms with Crippen LogP contribution in [-0.4, -0.2) is 36.1 Å². The quantitative estimate of drug-likeness (QED) is 0.442. The van der Waals surface area contributed by atoms with Gasteiger partial charge in [0.2, 0.25) is 0 Å². The number of hydrogen-bond acceptors (Lipinski definition) is 4. The van der Waals surface area contributed by atoms with Crippen LogP contribution in [0.3, 0.4) is 0 Å². The number of rotatable bonds is 4. The zero-order chi connectivity index (χ0) is 18.0. The van der Waals surface area contributed by atoms with E-state index in [-0.39, 0.29) is 0 Å². The summed E-state index contributed by atoms with van der Waals surface area (Å²) in [5.41, 5.74) is 0. The van der Waals surface area contributed by atoms with Crippen LogP contribution >= 0.6 is 0 Å². The molecule has 0 aromatic heterocycles. The average Bonchev–Trinajstić information content (AvgIpc) is 2.21. The summed E-state index contributed by atoms with van der Waals surface area (Å²) in [4.78, 5) is 27.0. The van der Waals surface area contributed by atoms with Crippen molar-refractivity contribution in [3.8, 4) is 0 Å². The van der Waals surface area contributed by atoms with Crippen LogP contribution < -0.4 is 0 Å². The Bertz CT molecular complexity index is 384. The van der Waals surface area contributed by atoms with E-state index < -0.39 is 49.0 Å². The molecule has 130 valence electrons. The van der Waals surface area contributed by atoms with Crippen LogP contribution in [0, 0.1) is 0 Å². The summed E-state index contributed by atoms with van der Waals surface area (Å²) in [6, 6.07) is 0. The summed E-state index contributed by atoms with van der Waals surface area (Å²) < 4.78 is 119. The minimum absolute atomic E-state index is 2.51. The first-order chi connectivity index (χ1) is 9.49. The molecule has 0 atom stereocenters. The maximum atomic E-state index is 12.3. The second-order valence-corrected chi connectivity index (χ2v) is 3.67. The van der Waals surface area contributed by atoms with Crippen molar-refractivity contribution in [2.75, 3.05) is 0 Å². The van der Waals surface area contributed by atoms with E-state index in [4.69, 9.17) is 0 Å². The smallest absolute Gasteiger partial charge is 0.247 e. The molecule has 0 aliphatic heterocycles. The van der Waals surface area contributed by atoms with Crippen LogP contribution in [0.25, 0.3) is 0 Å². The molecule has 0 heterocycles. The average molecular weight is 354 g/mol. The van der Waals surface area contributed by atoms with Gasteiger partial charge < -0.3 is 0 Å². The van der Waals surface area contributed by atoms with Crippen molar-refractivity contribution in [1.82, 2.24) is 0 Å². The fourth-order valence-corrected chi connectivity index (χ4v) is 0.715. The van der Waals surface area contributed by atoms with E-state index in [9.17, 15) is 53.5 Å². The van der Waals surface area contributed by atoms with Gasteiger partial charge in [0.15, 0.2) is 0 Å². The third-order valence-electron chi connectivity index (χ3n) is 1.79. The van der Waals surface area contributed by atoms with Crippen molar-refractivity contribution in [3.05, 3.63) is 0 Å². The molecule has 0 amide bonds. The third-order valence-corrected chi connectivity index (χ3v) is 1.79. The summed E-state index contributed by atoms with van der Waals surface area (Å²) >= 11 is 0. The predicted octanol–water partition coefficient (Wildman–Crippen LogP) is 3.16. The Morgan fingerprint density at radius 2 is 0.818 bits per heavy atom. The first kappa shape index (κ1) is 20.2. The van der Waals surface area contributed by atoms with E-state index in [0.717, 1.165) is 0 Å². The molecule has 0 aliphatic carbocycles. The minimum Gasteiger partial charge on any atom is -0.247 e. The Kier molecular flexibility index (Phi) is 5.67. The number of hydrogen-bond donors (Lipinski definition) is 0. The van der Waals surface area contributed by atoms with Gasteiger partial charge in [-0.15, -0.1) is 0 Å². The third kappa shape index (κ3) is 5.55. The van der Waals surface area contributed by atoms with Gasteiger partial charge in [0.25, 0.3) is 0 Å². The molecule has 14 heteroatoms. The molecule has 0 radical (unpaired) electrons. The fourth-order valence-electron chi connectivity index (χ4n) is 0.715. The predicted molar refractivity (Wildman–Crippen MR) is 43.4 cm³/mol. The maximum absolute atomic E-state index is 12.3. The molecule has 0 aliphatic rings. The van der Waals surface area contributed by atoms with Gasteiger partial charge in [-0.1, -0.05) is 0 Å². The van der Waals surface area contributed by atoms with Crippen molar-refractivity contribution in [3.63, 3.8) is 0 Å². The largest absolute Gasteiger partial charge is 0.453 e. The van der Waals surface area contributed by atoms with E-state index >= 15 is 0 Å². The lowest BCUT2D eigenvalue weighted by Crippen LogP contribution is -2.40. The molecule has 0 rings (SSSR count). The second-order valence-electron chi connectivity index (χ2n) is 3.67. The Balaban J connectivity index is 4.47. The van der Waals surface area contributed by atoms with E-state index in [2.05, 4.69) is 9.78 Å². The number of carbonyl (C=O) groups excluding carboxylic acids is 2. The van der Waals surface area contributed by atoms with Crippen molar-refractivity contribution in [1.29, 1.82) is 0 Å². The molecule has 0 saturated carbocycles. The lowest BCUT2D eigenvalue weighted by Gasteiger charge is -2.19. The molecular weight excluding hydrogens is 350 g/mol. The van der Waals surface area contributed by atoms with Crippen LogP contribution in [0.5, 0.6) is 0 Å². The normalized spacial score (nSPS) is 13.7. The molecule has 0 spiro atoms. The highest BCUT2D eigenvalue weighted by atomic mass is 19.4. The SMILES string of the molecule is O=C(CC(F)(F)C(F)(F)F)OOC(=O)CC(F)(F)C(F)(F)F. The van der Waals surface area contributed by atoms with Crippen molar-refractivity contribution in [2.45, 2.75) is 37.0 Å². The van der Waals surface area contributed by atoms with Crippen LogP contribution in [0.4, 0.5) is 43.9 Å². The van der Waals surface area contributed by atoms with Gasteiger partial charge in [-0.25, -0.2) is 19.4 Å². The molecule has 0 aromatic rings. The molecule has 4 nitrogen and oxygen atoms in total. The zero-order valence-corrected chi connectivity index (χ0v) is 9.83. The topological polar surface area (TPSA) is 52.6 Å². The minimum atomic E-state index is -6.15. The molecule has 0 N–H and O–H groups in total. The van der Waals surface area contributed by atoms with E-state index in [1.54, 1.807) is 0 Å². The molecular formula is C8H4F10O4. The van der Waals surface area contributed by atoms with Crippen molar-refractivity contribution in [2.24, 2.45) is 0 Å². The van der Waals surface area contributed by atoms with Crippen molar-refractivity contribution >= 4 is 11.9 Å². The summed E-state index contributed by atoms with van der Waals surface area (Å²) in [7, 11) is 0. The summed E-state index contributed by atoms with van der Waals surface area (Å²) in [5, 5.41) is 0. The standard InChI is InChI=1S/C8H4F10O4/c9-5(10,7(13,14)15)1-3(19)21-22-4(20)2-6(11,12)8(16,17)18/h1-2H2. The highest BCUT2D eigenvalue weighted by Gasteiger charge is 2.60. The molecule has 0 unspecified atom stereocenters. The highest BCUT2D eigenvalue weighted by Crippen LogP contribution is 2.39. The molecule has 0 bridgehead atoms. The number of alkyl halides is 10. The van der Waals surface area contributed by atoms with Crippen molar-refractivity contribution < 1.29 is 63.3 Å². The highest BCUT2D eigenvalue weighted by molar-refractivity contribution is 5.74. The van der Waals surface area contributed by atoms with Gasteiger partial charge in [-0.3, -0.25) is 0 Å². The van der Waals surface area contributed by atoms with Crippen LogP contribution in [-0.2, 0) is 19.4 Å². The van der Waals surface area contributed by atoms with E-state index in [0.29, 0.717) is 0 Å². The second kappa shape index (κ2) is 6.16. The van der Waals surface area contributed by atoms with E-state index in [1.165, 1.54) is 0 Å². The fraction of sp³-hybridized carbons (Fsp3) is 0.750. The van der Waals surface area contributed by atoms with E-state index in [1.807, 2.05) is 0 Å². The van der Waals surface area contributed by atoms with Crippen LogP contribution in [0.15, 0.2) is 0 Å². The molecule has 0 fully saturated rings. The zero-order valence-electron chi connectivity index (χ0n) is 9.83. The molecule has 0 saturated heterocycles. The van der Waals surface area contributed by atoms with Crippen LogP contribution in [0.2, 0.25) is 0 Å². The van der Waals surface area contributed by atoms with Gasteiger partial charge in [-0.2, -0.15) is 43.9 Å². The summed E-state index contributed by atoms with van der Waals surface area (Å²) in [6.07, 6.45) is -17.6. The molecule has 0 aromatic carbocycles. The Hall–Kier alpha value is -1.76. The Labute approximate surface area is 113 Å². The Morgan fingerprint density at radius 3 is 1.00 bits per heavy atom. The Morgan fingerprint density at radius 1 is 0.591 bits per heavy atom.